The van der Waals surface area contributed by atoms with Gasteiger partial charge < -0.3 is 9.67 Å². The number of hydrogen-bond acceptors (Lipinski definition) is 2. The number of hydrogen-bond donors (Lipinski definition) is 1. The predicted molar refractivity (Wildman–Crippen MR) is 56.7 cm³/mol. The predicted octanol–water partition coefficient (Wildman–Crippen LogP) is 1.99. The maximum absolute atomic E-state index is 13.8. The van der Waals surface area contributed by atoms with Crippen LogP contribution in [0.5, 0.6) is 0 Å². The Morgan fingerprint density at radius 3 is 2.75 bits per heavy atom. The molecular formula is C12H11FN2O. The van der Waals surface area contributed by atoms with E-state index in [1.54, 1.807) is 35.4 Å². The molecule has 0 amide bonds. The van der Waals surface area contributed by atoms with Gasteiger partial charge in [0.1, 0.15) is 5.82 Å². The number of aliphatic hydroxyl groups is 1. The van der Waals surface area contributed by atoms with Crippen molar-refractivity contribution in [3.63, 3.8) is 0 Å². The summed E-state index contributed by atoms with van der Waals surface area (Å²) in [5, 5.41) is 9.86. The molecule has 2 aromatic rings. The molecule has 1 aromatic heterocycles. The zero-order valence-corrected chi connectivity index (χ0v) is 8.60. The molecule has 1 fully saturated rings. The highest BCUT2D eigenvalue weighted by atomic mass is 19.1. The minimum Gasteiger partial charge on any atom is -0.385 e. The van der Waals surface area contributed by atoms with Crippen LogP contribution < -0.4 is 0 Å². The molecule has 0 atom stereocenters. The highest BCUT2D eigenvalue weighted by Crippen LogP contribution is 2.45. The van der Waals surface area contributed by atoms with E-state index in [2.05, 4.69) is 4.98 Å². The summed E-state index contributed by atoms with van der Waals surface area (Å²) in [7, 11) is 0. The zero-order chi connectivity index (χ0) is 11.2. The van der Waals surface area contributed by atoms with Gasteiger partial charge in [0.05, 0.1) is 17.6 Å². The van der Waals surface area contributed by atoms with Crippen molar-refractivity contribution in [3.8, 4) is 5.69 Å². The van der Waals surface area contributed by atoms with E-state index < -0.39 is 5.60 Å². The van der Waals surface area contributed by atoms with Crippen LogP contribution in [0.3, 0.4) is 0 Å². The van der Waals surface area contributed by atoms with Crippen LogP contribution in [0.25, 0.3) is 5.69 Å². The summed E-state index contributed by atoms with van der Waals surface area (Å²) in [6.45, 7) is 0. The fraction of sp³-hybridized carbons (Fsp3) is 0.250. The average molecular weight is 218 g/mol. The Kier molecular flexibility index (Phi) is 1.88. The van der Waals surface area contributed by atoms with Gasteiger partial charge in [-0.05, 0) is 30.5 Å². The summed E-state index contributed by atoms with van der Waals surface area (Å²) in [5.74, 6) is -0.337. The molecule has 1 N–H and O–H groups in total. The number of benzene rings is 1. The van der Waals surface area contributed by atoms with Crippen LogP contribution >= 0.6 is 0 Å². The molecule has 4 heteroatoms. The molecule has 1 saturated carbocycles. The molecule has 3 rings (SSSR count). The Morgan fingerprint density at radius 2 is 2.19 bits per heavy atom. The third-order valence-electron chi connectivity index (χ3n) is 2.99. The van der Waals surface area contributed by atoms with Crippen LogP contribution in [0, 0.1) is 5.82 Å². The van der Waals surface area contributed by atoms with Crippen molar-refractivity contribution in [2.24, 2.45) is 0 Å². The van der Waals surface area contributed by atoms with Gasteiger partial charge in [-0.2, -0.15) is 0 Å². The molecule has 0 aliphatic heterocycles. The quantitative estimate of drug-likeness (QED) is 0.837. The largest absolute Gasteiger partial charge is 0.385 e. The van der Waals surface area contributed by atoms with Crippen molar-refractivity contribution in [2.75, 3.05) is 0 Å². The Balaban J connectivity index is 2.04. The molecule has 1 aromatic carbocycles. The van der Waals surface area contributed by atoms with Crippen LogP contribution in [0.15, 0.2) is 36.9 Å². The Hall–Kier alpha value is -1.68. The minimum atomic E-state index is -0.783. The second-order valence-electron chi connectivity index (χ2n) is 4.17. The maximum atomic E-state index is 13.8. The highest BCUT2D eigenvalue weighted by Gasteiger charge is 2.42. The van der Waals surface area contributed by atoms with E-state index in [1.807, 2.05) is 0 Å². The first-order valence-electron chi connectivity index (χ1n) is 5.20. The number of aromatic nitrogens is 2. The summed E-state index contributed by atoms with van der Waals surface area (Å²) in [6.07, 6.45) is 6.27. The topological polar surface area (TPSA) is 38.0 Å². The normalized spacial score (nSPS) is 17.4. The lowest BCUT2D eigenvalue weighted by molar-refractivity contribution is 0.151. The molecule has 1 aliphatic carbocycles. The minimum absolute atomic E-state index is 0.337. The van der Waals surface area contributed by atoms with Crippen LogP contribution in [-0.2, 0) is 5.60 Å². The third kappa shape index (κ3) is 1.42. The smallest absolute Gasteiger partial charge is 0.147 e. The Morgan fingerprint density at radius 1 is 1.38 bits per heavy atom. The second-order valence-corrected chi connectivity index (χ2v) is 4.17. The molecule has 1 heterocycles. The third-order valence-corrected chi connectivity index (χ3v) is 2.99. The van der Waals surface area contributed by atoms with Gasteiger partial charge in [-0.3, -0.25) is 0 Å². The lowest BCUT2D eigenvalue weighted by Gasteiger charge is -2.10. The first-order valence-corrected chi connectivity index (χ1v) is 5.20. The summed E-state index contributed by atoms with van der Waals surface area (Å²) >= 11 is 0. The van der Waals surface area contributed by atoms with Crippen LogP contribution in [0.4, 0.5) is 4.39 Å². The summed E-state index contributed by atoms with van der Waals surface area (Å²) < 4.78 is 15.4. The molecule has 3 nitrogen and oxygen atoms in total. The van der Waals surface area contributed by atoms with E-state index in [9.17, 15) is 9.50 Å². The molecular weight excluding hydrogens is 207 g/mol. The molecule has 16 heavy (non-hydrogen) atoms. The Bertz CT molecular complexity index is 518. The lowest BCUT2D eigenvalue weighted by Crippen LogP contribution is -2.06. The molecule has 82 valence electrons. The van der Waals surface area contributed by atoms with Gasteiger partial charge >= 0.3 is 0 Å². The monoisotopic (exact) mass is 218 g/mol. The van der Waals surface area contributed by atoms with E-state index in [4.69, 9.17) is 0 Å². The number of nitrogens with zero attached hydrogens (tertiary/aromatic N) is 2. The van der Waals surface area contributed by atoms with Gasteiger partial charge in [-0.15, -0.1) is 0 Å². The van der Waals surface area contributed by atoms with E-state index in [0.29, 0.717) is 11.3 Å². The summed E-state index contributed by atoms with van der Waals surface area (Å²) in [6, 6.07) is 4.84. The second kappa shape index (κ2) is 3.15. The highest BCUT2D eigenvalue weighted by molar-refractivity contribution is 5.39. The maximum Gasteiger partial charge on any atom is 0.147 e. The molecule has 1 aliphatic rings. The first kappa shape index (κ1) is 9.54. The number of imidazole rings is 1. The van der Waals surface area contributed by atoms with E-state index in [1.165, 1.54) is 6.07 Å². The van der Waals surface area contributed by atoms with Crippen LogP contribution in [0.2, 0.25) is 0 Å². The standard InChI is InChI=1S/C12H11FN2O/c13-10-7-9(12(16)3-4-12)1-2-11(10)15-6-5-14-8-15/h1-2,5-8,16H,3-4H2. The fourth-order valence-corrected chi connectivity index (χ4v) is 1.81. The zero-order valence-electron chi connectivity index (χ0n) is 8.60. The number of halogens is 1. The molecule has 0 radical (unpaired) electrons. The molecule has 0 spiro atoms. The fourth-order valence-electron chi connectivity index (χ4n) is 1.81. The van der Waals surface area contributed by atoms with Gasteiger partial charge in [0.25, 0.3) is 0 Å². The summed E-state index contributed by atoms with van der Waals surface area (Å²) in [4.78, 5) is 3.87. The van der Waals surface area contributed by atoms with Gasteiger partial charge in [0.2, 0.25) is 0 Å². The van der Waals surface area contributed by atoms with Crippen molar-refractivity contribution in [1.82, 2.24) is 9.55 Å². The lowest BCUT2D eigenvalue weighted by atomic mass is 10.1. The molecule has 0 unspecified atom stereocenters. The SMILES string of the molecule is OC1(c2ccc(-n3ccnc3)c(F)c2)CC1. The van der Waals surface area contributed by atoms with Gasteiger partial charge in [0, 0.05) is 12.4 Å². The molecule has 0 bridgehead atoms. The average Bonchev–Trinajstić information content (AvgIpc) is 2.82. The first-order chi connectivity index (χ1) is 7.69. The van der Waals surface area contributed by atoms with Crippen molar-refractivity contribution in [3.05, 3.63) is 48.3 Å². The van der Waals surface area contributed by atoms with Crippen molar-refractivity contribution in [2.45, 2.75) is 18.4 Å². The van der Waals surface area contributed by atoms with Gasteiger partial charge in [-0.1, -0.05) is 6.07 Å². The number of rotatable bonds is 2. The van der Waals surface area contributed by atoms with Crippen LogP contribution in [0.1, 0.15) is 18.4 Å². The van der Waals surface area contributed by atoms with E-state index in [0.717, 1.165) is 12.8 Å². The van der Waals surface area contributed by atoms with Gasteiger partial charge in [-0.25, -0.2) is 9.37 Å². The van der Waals surface area contributed by atoms with E-state index >= 15 is 0 Å². The Labute approximate surface area is 92.2 Å². The van der Waals surface area contributed by atoms with Crippen LogP contribution in [-0.4, -0.2) is 14.7 Å². The van der Waals surface area contributed by atoms with Crippen molar-refractivity contribution in [1.29, 1.82) is 0 Å². The van der Waals surface area contributed by atoms with Crippen molar-refractivity contribution < 1.29 is 9.50 Å². The van der Waals surface area contributed by atoms with Crippen molar-refractivity contribution >= 4 is 0 Å². The summed E-state index contributed by atoms with van der Waals surface area (Å²) in [5.41, 5.74) is 0.327. The van der Waals surface area contributed by atoms with E-state index in [-0.39, 0.29) is 5.82 Å². The molecule has 0 saturated heterocycles. The van der Waals surface area contributed by atoms with Gasteiger partial charge in [0.15, 0.2) is 0 Å².